The van der Waals surface area contributed by atoms with Crippen LogP contribution < -0.4 is 0 Å². The van der Waals surface area contributed by atoms with Gasteiger partial charge in [0.1, 0.15) is 0 Å². The lowest BCUT2D eigenvalue weighted by atomic mass is 10.2. The number of nitrogens with zero attached hydrogens (tertiary/aromatic N) is 2. The molecule has 5 nitrogen and oxygen atoms in total. The Morgan fingerprint density at radius 1 is 1.19 bits per heavy atom. The van der Waals surface area contributed by atoms with Gasteiger partial charge in [0.05, 0.1) is 19.8 Å². The summed E-state index contributed by atoms with van der Waals surface area (Å²) in [4.78, 5) is 27.5. The first kappa shape index (κ1) is 15.7. The van der Waals surface area contributed by atoms with Gasteiger partial charge in [-0.1, -0.05) is 30.3 Å². The molecule has 1 aliphatic heterocycles. The number of rotatable bonds is 5. The van der Waals surface area contributed by atoms with Crippen LogP contribution in [0.15, 0.2) is 30.3 Å². The van der Waals surface area contributed by atoms with Gasteiger partial charge in [0.25, 0.3) is 0 Å². The molecule has 0 saturated carbocycles. The van der Waals surface area contributed by atoms with Crippen molar-refractivity contribution in [2.24, 2.45) is 0 Å². The van der Waals surface area contributed by atoms with Crippen molar-refractivity contribution >= 4 is 11.8 Å². The molecule has 21 heavy (non-hydrogen) atoms. The highest BCUT2D eigenvalue weighted by Gasteiger charge is 2.19. The van der Waals surface area contributed by atoms with Crippen molar-refractivity contribution in [2.45, 2.75) is 19.9 Å². The van der Waals surface area contributed by atoms with E-state index in [2.05, 4.69) is 4.90 Å². The van der Waals surface area contributed by atoms with E-state index in [1.54, 1.807) is 0 Å². The number of hydrogen-bond acceptors (Lipinski definition) is 4. The van der Waals surface area contributed by atoms with Gasteiger partial charge in [0.15, 0.2) is 0 Å². The molecule has 0 aromatic heterocycles. The SMILES string of the molecule is CC(=O)N(Cc1ccccc1)C(=O)CCN1CCOCC1. The molecule has 0 radical (unpaired) electrons. The number of carbonyl (C=O) groups is 2. The molecular formula is C16H22N2O3. The largest absolute Gasteiger partial charge is 0.379 e. The van der Waals surface area contributed by atoms with Gasteiger partial charge >= 0.3 is 0 Å². The highest BCUT2D eigenvalue weighted by atomic mass is 16.5. The molecule has 5 heteroatoms. The average Bonchev–Trinajstić information content (AvgIpc) is 2.52. The fraction of sp³-hybridized carbons (Fsp3) is 0.500. The minimum absolute atomic E-state index is 0.113. The molecule has 1 aromatic rings. The number of hydrogen-bond donors (Lipinski definition) is 0. The Bertz CT molecular complexity index is 470. The Labute approximate surface area is 125 Å². The number of carbonyl (C=O) groups excluding carboxylic acids is 2. The smallest absolute Gasteiger partial charge is 0.230 e. The van der Waals surface area contributed by atoms with E-state index in [9.17, 15) is 9.59 Å². The molecule has 114 valence electrons. The maximum Gasteiger partial charge on any atom is 0.230 e. The van der Waals surface area contributed by atoms with Gasteiger partial charge in [-0.2, -0.15) is 0 Å². The fourth-order valence-electron chi connectivity index (χ4n) is 2.35. The lowest BCUT2D eigenvalue weighted by molar-refractivity contribution is -0.144. The molecular weight excluding hydrogens is 268 g/mol. The summed E-state index contributed by atoms with van der Waals surface area (Å²) in [6.45, 7) is 5.61. The van der Waals surface area contributed by atoms with E-state index in [4.69, 9.17) is 4.74 Å². The number of morpholine rings is 1. The first-order valence-electron chi connectivity index (χ1n) is 7.32. The summed E-state index contributed by atoms with van der Waals surface area (Å²) in [5.41, 5.74) is 0.965. The van der Waals surface area contributed by atoms with Crippen LogP contribution in [0.4, 0.5) is 0 Å². The second-order valence-electron chi connectivity index (χ2n) is 5.19. The Balaban J connectivity index is 1.88. The van der Waals surface area contributed by atoms with E-state index in [0.29, 0.717) is 32.7 Å². The standard InChI is InChI=1S/C16H22N2O3/c1-14(19)18(13-15-5-3-2-4-6-15)16(20)7-8-17-9-11-21-12-10-17/h2-6H,7-13H2,1H3. The van der Waals surface area contributed by atoms with Gasteiger partial charge < -0.3 is 4.74 Å². The molecule has 0 aliphatic carbocycles. The second kappa shape index (κ2) is 7.90. The molecule has 0 unspecified atom stereocenters. The van der Waals surface area contributed by atoms with Crippen LogP contribution in [0, 0.1) is 0 Å². The predicted molar refractivity (Wildman–Crippen MR) is 79.5 cm³/mol. The van der Waals surface area contributed by atoms with E-state index < -0.39 is 0 Å². The van der Waals surface area contributed by atoms with Gasteiger partial charge in [-0.25, -0.2) is 0 Å². The molecule has 1 saturated heterocycles. The van der Waals surface area contributed by atoms with Crippen LogP contribution in [0.1, 0.15) is 18.9 Å². The third kappa shape index (κ3) is 4.95. The van der Waals surface area contributed by atoms with Crippen LogP contribution in [-0.4, -0.2) is 54.5 Å². The first-order valence-corrected chi connectivity index (χ1v) is 7.32. The summed E-state index contributed by atoms with van der Waals surface area (Å²) in [5.74, 6) is -0.316. The molecule has 1 aliphatic rings. The van der Waals surface area contributed by atoms with Crippen LogP contribution in [-0.2, 0) is 20.9 Å². The van der Waals surface area contributed by atoms with Crippen LogP contribution in [0.25, 0.3) is 0 Å². The molecule has 1 heterocycles. The molecule has 0 atom stereocenters. The van der Waals surface area contributed by atoms with Crippen molar-refractivity contribution in [3.05, 3.63) is 35.9 Å². The molecule has 0 spiro atoms. The van der Waals surface area contributed by atoms with Crippen LogP contribution in [0.5, 0.6) is 0 Å². The fourth-order valence-corrected chi connectivity index (χ4v) is 2.35. The van der Waals surface area contributed by atoms with Crippen molar-refractivity contribution in [2.75, 3.05) is 32.8 Å². The lowest BCUT2D eigenvalue weighted by Gasteiger charge is -2.27. The van der Waals surface area contributed by atoms with Gasteiger partial charge in [-0.05, 0) is 5.56 Å². The number of benzene rings is 1. The van der Waals surface area contributed by atoms with Crippen molar-refractivity contribution in [3.8, 4) is 0 Å². The van der Waals surface area contributed by atoms with E-state index >= 15 is 0 Å². The van der Waals surface area contributed by atoms with Crippen molar-refractivity contribution in [3.63, 3.8) is 0 Å². The van der Waals surface area contributed by atoms with Crippen molar-refractivity contribution < 1.29 is 14.3 Å². The third-order valence-corrected chi connectivity index (χ3v) is 3.61. The zero-order chi connectivity index (χ0) is 15.1. The second-order valence-corrected chi connectivity index (χ2v) is 5.19. The summed E-state index contributed by atoms with van der Waals surface area (Å²) in [5, 5.41) is 0. The Morgan fingerprint density at radius 3 is 2.48 bits per heavy atom. The first-order chi connectivity index (χ1) is 10.2. The Hall–Kier alpha value is -1.72. The van der Waals surface area contributed by atoms with Crippen molar-refractivity contribution in [1.82, 2.24) is 9.80 Å². The number of amides is 2. The van der Waals surface area contributed by atoms with Crippen molar-refractivity contribution in [1.29, 1.82) is 0 Å². The maximum atomic E-state index is 12.3. The minimum atomic E-state index is -0.203. The van der Waals surface area contributed by atoms with Crippen LogP contribution in [0.3, 0.4) is 0 Å². The van der Waals surface area contributed by atoms with E-state index in [1.165, 1.54) is 11.8 Å². The zero-order valence-electron chi connectivity index (χ0n) is 12.5. The summed E-state index contributed by atoms with van der Waals surface area (Å²) in [6.07, 6.45) is 0.367. The summed E-state index contributed by atoms with van der Waals surface area (Å²) < 4.78 is 5.28. The van der Waals surface area contributed by atoms with Crippen LogP contribution >= 0.6 is 0 Å². The molecule has 1 aromatic carbocycles. The molecule has 2 amide bonds. The third-order valence-electron chi connectivity index (χ3n) is 3.61. The molecule has 2 rings (SSSR count). The maximum absolute atomic E-state index is 12.3. The number of ether oxygens (including phenoxy) is 1. The Morgan fingerprint density at radius 2 is 1.86 bits per heavy atom. The normalized spacial score (nSPS) is 15.7. The van der Waals surface area contributed by atoms with E-state index in [-0.39, 0.29) is 11.8 Å². The molecule has 0 bridgehead atoms. The van der Waals surface area contributed by atoms with Gasteiger partial charge in [0.2, 0.25) is 11.8 Å². The highest BCUT2D eigenvalue weighted by Crippen LogP contribution is 2.08. The Kier molecular flexibility index (Phi) is 5.90. The lowest BCUT2D eigenvalue weighted by Crippen LogP contribution is -2.40. The average molecular weight is 290 g/mol. The van der Waals surface area contributed by atoms with Gasteiger partial charge in [0, 0.05) is 33.0 Å². The van der Waals surface area contributed by atoms with Gasteiger partial charge in [-0.3, -0.25) is 19.4 Å². The minimum Gasteiger partial charge on any atom is -0.379 e. The highest BCUT2D eigenvalue weighted by molar-refractivity contribution is 5.94. The monoisotopic (exact) mass is 290 g/mol. The quantitative estimate of drug-likeness (QED) is 0.820. The zero-order valence-corrected chi connectivity index (χ0v) is 12.5. The topological polar surface area (TPSA) is 49.9 Å². The molecule has 0 N–H and O–H groups in total. The number of imide groups is 1. The van der Waals surface area contributed by atoms with Gasteiger partial charge in [-0.15, -0.1) is 0 Å². The molecule has 1 fully saturated rings. The predicted octanol–water partition coefficient (Wildman–Crippen LogP) is 1.28. The summed E-state index contributed by atoms with van der Waals surface area (Å²) in [7, 11) is 0. The van der Waals surface area contributed by atoms with E-state index in [1.807, 2.05) is 30.3 Å². The van der Waals surface area contributed by atoms with E-state index in [0.717, 1.165) is 18.7 Å². The van der Waals surface area contributed by atoms with Crippen LogP contribution in [0.2, 0.25) is 0 Å². The summed E-state index contributed by atoms with van der Waals surface area (Å²) >= 11 is 0. The summed E-state index contributed by atoms with van der Waals surface area (Å²) in [6, 6.07) is 9.58.